The number of rotatable bonds is 4. The number of nitrogens with one attached hydrogen (secondary N) is 1. The Labute approximate surface area is 121 Å². The Bertz CT molecular complexity index is 470. The average Bonchev–Trinajstić information content (AvgIpc) is 2.91. The molecule has 1 aromatic carbocycles. The van der Waals surface area contributed by atoms with E-state index in [9.17, 15) is 4.79 Å². The molecule has 0 bridgehead atoms. The molecule has 1 aliphatic rings. The van der Waals surface area contributed by atoms with Crippen LogP contribution in [0.2, 0.25) is 0 Å². The number of aryl methyl sites for hydroxylation is 1. The zero-order valence-electron chi connectivity index (χ0n) is 11.2. The molecular formula is C14H18BrNO3. The number of carbonyl (C=O) groups is 1. The van der Waals surface area contributed by atoms with Crippen LogP contribution in [0.25, 0.3) is 0 Å². The van der Waals surface area contributed by atoms with Crippen LogP contribution >= 0.6 is 15.9 Å². The molecule has 1 unspecified atom stereocenters. The van der Waals surface area contributed by atoms with E-state index >= 15 is 0 Å². The van der Waals surface area contributed by atoms with Crippen LogP contribution in [0.4, 0.5) is 0 Å². The van der Waals surface area contributed by atoms with Gasteiger partial charge in [0.15, 0.2) is 0 Å². The van der Waals surface area contributed by atoms with Crippen LogP contribution in [0.1, 0.15) is 28.8 Å². The molecule has 19 heavy (non-hydrogen) atoms. The highest BCUT2D eigenvalue weighted by Crippen LogP contribution is 2.31. The van der Waals surface area contributed by atoms with Gasteiger partial charge < -0.3 is 14.8 Å². The molecule has 4 nitrogen and oxygen atoms in total. The highest BCUT2D eigenvalue weighted by atomic mass is 79.9. The molecule has 1 amide bonds. The quantitative estimate of drug-likeness (QED) is 0.924. The molecule has 1 saturated heterocycles. The summed E-state index contributed by atoms with van der Waals surface area (Å²) in [5.74, 6) is 0.455. The Morgan fingerprint density at radius 3 is 3.00 bits per heavy atom. The van der Waals surface area contributed by atoms with Crippen molar-refractivity contribution in [3.63, 3.8) is 0 Å². The summed E-state index contributed by atoms with van der Waals surface area (Å²) in [6, 6.07) is 3.78. The molecule has 1 N–H and O–H groups in total. The van der Waals surface area contributed by atoms with Crippen molar-refractivity contribution in [2.45, 2.75) is 25.9 Å². The zero-order chi connectivity index (χ0) is 13.8. The first-order valence-corrected chi connectivity index (χ1v) is 7.15. The molecule has 1 aliphatic heterocycles. The number of hydrogen-bond donors (Lipinski definition) is 1. The van der Waals surface area contributed by atoms with Crippen molar-refractivity contribution in [3.05, 3.63) is 27.7 Å². The number of carbonyl (C=O) groups excluding carboxylic acids is 1. The molecule has 1 atom stereocenters. The summed E-state index contributed by atoms with van der Waals surface area (Å²) in [6.07, 6.45) is 2.22. The largest absolute Gasteiger partial charge is 0.495 e. The van der Waals surface area contributed by atoms with Gasteiger partial charge in [-0.2, -0.15) is 0 Å². The number of ether oxygens (including phenoxy) is 2. The second kappa shape index (κ2) is 6.39. The van der Waals surface area contributed by atoms with Gasteiger partial charge in [0.1, 0.15) is 5.75 Å². The Kier molecular flexibility index (Phi) is 4.82. The topological polar surface area (TPSA) is 47.6 Å². The number of methoxy groups -OCH3 is 1. The fourth-order valence-electron chi connectivity index (χ4n) is 2.24. The van der Waals surface area contributed by atoms with E-state index in [4.69, 9.17) is 9.47 Å². The van der Waals surface area contributed by atoms with Crippen molar-refractivity contribution < 1.29 is 14.3 Å². The molecule has 0 saturated carbocycles. The van der Waals surface area contributed by atoms with Crippen LogP contribution in [0.3, 0.4) is 0 Å². The second-order valence-corrected chi connectivity index (χ2v) is 5.47. The minimum Gasteiger partial charge on any atom is -0.495 e. The Hall–Kier alpha value is -1.07. The van der Waals surface area contributed by atoms with Crippen molar-refractivity contribution in [2.75, 3.05) is 20.3 Å². The maximum atomic E-state index is 12.3. The predicted molar refractivity (Wildman–Crippen MR) is 76.7 cm³/mol. The third kappa shape index (κ3) is 3.28. The molecule has 1 fully saturated rings. The van der Waals surface area contributed by atoms with Crippen molar-refractivity contribution in [1.29, 1.82) is 0 Å². The Morgan fingerprint density at radius 2 is 2.37 bits per heavy atom. The number of hydrogen-bond acceptors (Lipinski definition) is 3. The first-order chi connectivity index (χ1) is 9.13. The molecule has 0 aromatic heterocycles. The first-order valence-electron chi connectivity index (χ1n) is 6.36. The maximum absolute atomic E-state index is 12.3. The third-order valence-electron chi connectivity index (χ3n) is 3.26. The molecule has 1 heterocycles. The van der Waals surface area contributed by atoms with Crippen LogP contribution in [0, 0.1) is 6.92 Å². The minimum absolute atomic E-state index is 0.119. The van der Waals surface area contributed by atoms with Crippen molar-refractivity contribution >= 4 is 21.8 Å². The molecular weight excluding hydrogens is 310 g/mol. The van der Waals surface area contributed by atoms with Crippen LogP contribution in [0.15, 0.2) is 16.6 Å². The molecule has 0 aliphatic carbocycles. The fourth-order valence-corrected chi connectivity index (χ4v) is 2.73. The van der Waals surface area contributed by atoms with E-state index in [0.29, 0.717) is 17.9 Å². The number of halogens is 1. The van der Waals surface area contributed by atoms with E-state index in [1.165, 1.54) is 0 Å². The van der Waals surface area contributed by atoms with Gasteiger partial charge in [0.2, 0.25) is 0 Å². The normalized spacial score (nSPS) is 18.4. The molecule has 2 rings (SSSR count). The highest BCUT2D eigenvalue weighted by molar-refractivity contribution is 9.10. The van der Waals surface area contributed by atoms with Gasteiger partial charge >= 0.3 is 0 Å². The van der Waals surface area contributed by atoms with Crippen LogP contribution in [0.5, 0.6) is 5.75 Å². The molecule has 1 aromatic rings. The van der Waals surface area contributed by atoms with E-state index in [0.717, 1.165) is 29.5 Å². The summed E-state index contributed by atoms with van der Waals surface area (Å²) >= 11 is 3.40. The maximum Gasteiger partial charge on any atom is 0.255 e. The number of benzene rings is 1. The molecule has 0 radical (unpaired) electrons. The lowest BCUT2D eigenvalue weighted by atomic mass is 10.1. The van der Waals surface area contributed by atoms with E-state index < -0.39 is 0 Å². The van der Waals surface area contributed by atoms with Gasteiger partial charge in [-0.1, -0.05) is 6.07 Å². The van der Waals surface area contributed by atoms with Gasteiger partial charge in [0, 0.05) is 13.2 Å². The van der Waals surface area contributed by atoms with Gasteiger partial charge in [-0.05, 0) is 47.3 Å². The smallest absolute Gasteiger partial charge is 0.255 e. The molecule has 5 heteroatoms. The molecule has 0 spiro atoms. The van der Waals surface area contributed by atoms with Gasteiger partial charge in [0.25, 0.3) is 5.91 Å². The fraction of sp³-hybridized carbons (Fsp3) is 0.500. The SMILES string of the molecule is COc1c(Br)ccc(C)c1C(=O)NCC1CCCO1. The third-order valence-corrected chi connectivity index (χ3v) is 3.89. The lowest BCUT2D eigenvalue weighted by Gasteiger charge is -2.15. The van der Waals surface area contributed by atoms with Gasteiger partial charge in [-0.15, -0.1) is 0 Å². The van der Waals surface area contributed by atoms with Crippen molar-refractivity contribution in [3.8, 4) is 5.75 Å². The van der Waals surface area contributed by atoms with E-state index in [1.807, 2.05) is 19.1 Å². The summed E-state index contributed by atoms with van der Waals surface area (Å²) in [5.41, 5.74) is 1.47. The average molecular weight is 328 g/mol. The minimum atomic E-state index is -0.119. The second-order valence-electron chi connectivity index (χ2n) is 4.62. The Morgan fingerprint density at radius 1 is 1.58 bits per heavy atom. The highest BCUT2D eigenvalue weighted by Gasteiger charge is 2.20. The lowest BCUT2D eigenvalue weighted by Crippen LogP contribution is -2.32. The number of amides is 1. The standard InChI is InChI=1S/C14H18BrNO3/c1-9-5-6-11(15)13(18-2)12(9)14(17)16-8-10-4-3-7-19-10/h5-6,10H,3-4,7-8H2,1-2H3,(H,16,17). The van der Waals surface area contributed by atoms with Crippen LogP contribution in [-0.4, -0.2) is 32.3 Å². The molecule has 104 valence electrons. The van der Waals surface area contributed by atoms with Gasteiger partial charge in [-0.25, -0.2) is 0 Å². The first kappa shape index (κ1) is 14.3. The summed E-state index contributed by atoms with van der Waals surface area (Å²) < 4.78 is 11.6. The van der Waals surface area contributed by atoms with Crippen molar-refractivity contribution in [2.24, 2.45) is 0 Å². The summed E-state index contributed by atoms with van der Waals surface area (Å²) in [6.45, 7) is 3.24. The lowest BCUT2D eigenvalue weighted by molar-refractivity contribution is 0.0854. The summed E-state index contributed by atoms with van der Waals surface area (Å²) in [7, 11) is 1.57. The van der Waals surface area contributed by atoms with E-state index in [1.54, 1.807) is 7.11 Å². The van der Waals surface area contributed by atoms with Crippen LogP contribution < -0.4 is 10.1 Å². The van der Waals surface area contributed by atoms with Crippen molar-refractivity contribution in [1.82, 2.24) is 5.32 Å². The van der Waals surface area contributed by atoms with E-state index in [2.05, 4.69) is 21.2 Å². The monoisotopic (exact) mass is 327 g/mol. The predicted octanol–water partition coefficient (Wildman–Crippen LogP) is 2.67. The Balaban J connectivity index is 2.11. The van der Waals surface area contributed by atoms with Gasteiger partial charge in [-0.3, -0.25) is 4.79 Å². The summed E-state index contributed by atoms with van der Waals surface area (Å²) in [5, 5.41) is 2.92. The van der Waals surface area contributed by atoms with Gasteiger partial charge in [0.05, 0.1) is 23.2 Å². The zero-order valence-corrected chi connectivity index (χ0v) is 12.7. The summed E-state index contributed by atoms with van der Waals surface area (Å²) in [4.78, 5) is 12.3. The van der Waals surface area contributed by atoms with E-state index in [-0.39, 0.29) is 12.0 Å². The van der Waals surface area contributed by atoms with Crippen LogP contribution in [-0.2, 0) is 4.74 Å².